The van der Waals surface area contributed by atoms with Crippen LogP contribution in [0.3, 0.4) is 0 Å². The van der Waals surface area contributed by atoms with Crippen LogP contribution in [0.1, 0.15) is 55.2 Å². The zero-order chi connectivity index (χ0) is 16.5. The number of hydrogen-bond donors (Lipinski definition) is 2. The van der Waals surface area contributed by atoms with Gasteiger partial charge in [-0.05, 0) is 51.6 Å². The first-order valence-electron chi connectivity index (χ1n) is 8.70. The summed E-state index contributed by atoms with van der Waals surface area (Å²) in [7, 11) is 0. The van der Waals surface area contributed by atoms with E-state index >= 15 is 0 Å². The minimum absolute atomic E-state index is 0. The summed E-state index contributed by atoms with van der Waals surface area (Å²) in [6.45, 7) is 4.10. The van der Waals surface area contributed by atoms with Crippen molar-refractivity contribution in [1.82, 2.24) is 30.1 Å². The van der Waals surface area contributed by atoms with Gasteiger partial charge in [-0.25, -0.2) is 9.36 Å². The van der Waals surface area contributed by atoms with E-state index in [1.165, 1.54) is 12.8 Å². The second-order valence-corrected chi connectivity index (χ2v) is 6.76. The molecule has 0 aromatic carbocycles. The van der Waals surface area contributed by atoms with Crippen molar-refractivity contribution in [3.05, 3.63) is 24.2 Å². The number of aromatic nitrogens is 5. The van der Waals surface area contributed by atoms with Gasteiger partial charge in [-0.3, -0.25) is 4.79 Å². The van der Waals surface area contributed by atoms with Crippen LogP contribution in [-0.4, -0.2) is 43.8 Å². The third kappa shape index (κ3) is 3.85. The lowest BCUT2D eigenvalue weighted by Gasteiger charge is -2.22. The van der Waals surface area contributed by atoms with Gasteiger partial charge in [0.15, 0.2) is 5.69 Å². The fourth-order valence-electron chi connectivity index (χ4n) is 3.33. The van der Waals surface area contributed by atoms with Gasteiger partial charge in [0.1, 0.15) is 5.82 Å². The van der Waals surface area contributed by atoms with E-state index < -0.39 is 0 Å². The second-order valence-electron chi connectivity index (χ2n) is 6.76. The Labute approximate surface area is 152 Å². The molecular weight excluding hydrogens is 342 g/mol. The second kappa shape index (κ2) is 7.53. The van der Waals surface area contributed by atoms with E-state index in [-0.39, 0.29) is 18.3 Å². The number of piperidine rings is 1. The predicted molar refractivity (Wildman–Crippen MR) is 96.0 cm³/mol. The molecule has 1 saturated carbocycles. The zero-order valence-corrected chi connectivity index (χ0v) is 15.1. The first-order chi connectivity index (χ1) is 11.7. The zero-order valence-electron chi connectivity index (χ0n) is 14.3. The van der Waals surface area contributed by atoms with Crippen LogP contribution in [0.2, 0.25) is 0 Å². The van der Waals surface area contributed by atoms with Crippen molar-refractivity contribution in [3.8, 4) is 0 Å². The number of nitrogens with zero attached hydrogens (tertiary/aromatic N) is 5. The number of amides is 1. The lowest BCUT2D eigenvalue weighted by molar-refractivity contribution is 0.102. The molecule has 0 radical (unpaired) electrons. The summed E-state index contributed by atoms with van der Waals surface area (Å²) >= 11 is 0. The molecule has 1 aliphatic heterocycles. The highest BCUT2D eigenvalue weighted by atomic mass is 35.5. The van der Waals surface area contributed by atoms with Crippen LogP contribution >= 0.6 is 12.4 Å². The fraction of sp³-hybridized carbons (Fsp3) is 0.625. The van der Waals surface area contributed by atoms with Crippen LogP contribution in [-0.2, 0) is 0 Å². The molecule has 0 spiro atoms. The number of rotatable bonds is 5. The third-order valence-corrected chi connectivity index (χ3v) is 5.03. The molecule has 25 heavy (non-hydrogen) atoms. The molecule has 8 nitrogen and oxygen atoms in total. The van der Waals surface area contributed by atoms with Gasteiger partial charge in [0, 0.05) is 6.07 Å². The largest absolute Gasteiger partial charge is 0.317 e. The van der Waals surface area contributed by atoms with Crippen LogP contribution in [0.15, 0.2) is 18.5 Å². The van der Waals surface area contributed by atoms with Crippen LogP contribution in [0.25, 0.3) is 0 Å². The Kier molecular flexibility index (Phi) is 5.39. The van der Waals surface area contributed by atoms with Crippen molar-refractivity contribution in [3.63, 3.8) is 0 Å². The molecule has 1 aliphatic carbocycles. The Bertz CT molecular complexity index is 718. The minimum Gasteiger partial charge on any atom is -0.317 e. The van der Waals surface area contributed by atoms with Crippen molar-refractivity contribution in [2.24, 2.45) is 5.92 Å². The topological polar surface area (TPSA) is 89.7 Å². The highest BCUT2D eigenvalue weighted by Crippen LogP contribution is 2.40. The number of carbonyl (C=O) groups is 1. The maximum atomic E-state index is 12.5. The Hall–Kier alpha value is -1.93. The van der Waals surface area contributed by atoms with E-state index in [1.807, 2.05) is 15.4 Å². The smallest absolute Gasteiger partial charge is 0.278 e. The maximum Gasteiger partial charge on any atom is 0.278 e. The van der Waals surface area contributed by atoms with Gasteiger partial charge in [0.25, 0.3) is 5.91 Å². The van der Waals surface area contributed by atoms with Crippen LogP contribution in [0.4, 0.5) is 5.82 Å². The van der Waals surface area contributed by atoms with Crippen LogP contribution in [0, 0.1) is 5.92 Å². The summed E-state index contributed by atoms with van der Waals surface area (Å²) in [6.07, 6.45) is 7.96. The fourth-order valence-corrected chi connectivity index (χ4v) is 3.33. The Balaban J connectivity index is 0.00000182. The van der Waals surface area contributed by atoms with Gasteiger partial charge in [-0.2, -0.15) is 5.10 Å². The van der Waals surface area contributed by atoms with Crippen LogP contribution in [0.5, 0.6) is 0 Å². The molecule has 0 bridgehead atoms. The summed E-state index contributed by atoms with van der Waals surface area (Å²) < 4.78 is 3.71. The quantitative estimate of drug-likeness (QED) is 0.846. The molecule has 2 fully saturated rings. The summed E-state index contributed by atoms with van der Waals surface area (Å²) in [5, 5.41) is 18.8. The molecule has 2 aliphatic rings. The standard InChI is InChI=1S/C16H23N7O.ClH/c1-11(12-2-3-12)23-15(6-9-18-23)19-16(24)14-10-22(21-20-14)13-4-7-17-8-5-13;/h6,9-13,17H,2-5,7-8H2,1H3,(H,19,24);1H. The Morgan fingerprint density at radius 3 is 2.80 bits per heavy atom. The molecule has 2 N–H and O–H groups in total. The Morgan fingerprint density at radius 2 is 2.08 bits per heavy atom. The average Bonchev–Trinajstić information content (AvgIpc) is 3.16. The highest BCUT2D eigenvalue weighted by molar-refractivity contribution is 6.02. The van der Waals surface area contributed by atoms with E-state index in [1.54, 1.807) is 12.4 Å². The van der Waals surface area contributed by atoms with E-state index in [0.717, 1.165) is 31.7 Å². The van der Waals surface area contributed by atoms with Gasteiger partial charge in [0.05, 0.1) is 24.5 Å². The SMILES string of the molecule is CC(C1CC1)n1nccc1NC(=O)c1cn(C2CCNCC2)nn1.Cl. The number of anilines is 1. The molecule has 136 valence electrons. The maximum absolute atomic E-state index is 12.5. The van der Waals surface area contributed by atoms with E-state index in [9.17, 15) is 4.79 Å². The number of hydrogen-bond acceptors (Lipinski definition) is 5. The summed E-state index contributed by atoms with van der Waals surface area (Å²) in [5.41, 5.74) is 0.348. The average molecular weight is 366 g/mol. The van der Waals surface area contributed by atoms with Crippen molar-refractivity contribution in [2.45, 2.75) is 44.7 Å². The molecule has 1 amide bonds. The number of nitrogens with one attached hydrogen (secondary N) is 2. The van der Waals surface area contributed by atoms with E-state index in [2.05, 4.69) is 33.0 Å². The third-order valence-electron chi connectivity index (χ3n) is 5.03. The molecule has 4 rings (SSSR count). The predicted octanol–water partition coefficient (Wildman–Crippen LogP) is 2.04. The number of carbonyl (C=O) groups excluding carboxylic acids is 1. The van der Waals surface area contributed by atoms with E-state index in [4.69, 9.17) is 0 Å². The normalized spacial score (nSPS) is 19.2. The molecule has 2 aromatic heterocycles. The van der Waals surface area contributed by atoms with Crippen molar-refractivity contribution in [1.29, 1.82) is 0 Å². The van der Waals surface area contributed by atoms with Gasteiger partial charge in [-0.15, -0.1) is 17.5 Å². The Morgan fingerprint density at radius 1 is 1.32 bits per heavy atom. The first kappa shape index (κ1) is 17.9. The monoisotopic (exact) mass is 365 g/mol. The number of halogens is 1. The van der Waals surface area contributed by atoms with Crippen molar-refractivity contribution < 1.29 is 4.79 Å². The summed E-state index contributed by atoms with van der Waals surface area (Å²) in [6, 6.07) is 2.45. The van der Waals surface area contributed by atoms with Crippen LogP contribution < -0.4 is 10.6 Å². The lowest BCUT2D eigenvalue weighted by atomic mass is 10.1. The van der Waals surface area contributed by atoms with Gasteiger partial charge in [0.2, 0.25) is 0 Å². The molecule has 1 unspecified atom stereocenters. The molecule has 1 atom stereocenters. The van der Waals surface area contributed by atoms with E-state index in [0.29, 0.717) is 23.7 Å². The van der Waals surface area contributed by atoms with Crippen molar-refractivity contribution >= 4 is 24.1 Å². The highest BCUT2D eigenvalue weighted by Gasteiger charge is 2.31. The van der Waals surface area contributed by atoms with Gasteiger partial charge in [-0.1, -0.05) is 5.21 Å². The lowest BCUT2D eigenvalue weighted by Crippen LogP contribution is -2.29. The van der Waals surface area contributed by atoms with Gasteiger partial charge >= 0.3 is 0 Å². The molecule has 9 heteroatoms. The summed E-state index contributed by atoms with van der Waals surface area (Å²) in [4.78, 5) is 12.5. The molecule has 2 aromatic rings. The summed E-state index contributed by atoms with van der Waals surface area (Å²) in [5.74, 6) is 1.15. The minimum atomic E-state index is -0.236. The molecule has 3 heterocycles. The molecule has 1 saturated heterocycles. The van der Waals surface area contributed by atoms with Gasteiger partial charge < -0.3 is 10.6 Å². The molecular formula is C16H24ClN7O. The van der Waals surface area contributed by atoms with Crippen molar-refractivity contribution in [2.75, 3.05) is 18.4 Å². The first-order valence-corrected chi connectivity index (χ1v) is 8.70.